The van der Waals surface area contributed by atoms with Crippen molar-refractivity contribution in [1.29, 1.82) is 0 Å². The zero-order valence-corrected chi connectivity index (χ0v) is 17.3. The average molecular weight is 422 g/mol. The molecule has 0 spiro atoms. The summed E-state index contributed by atoms with van der Waals surface area (Å²) in [5, 5.41) is 3.55. The maximum Gasteiger partial charge on any atom is 0.165 e. The summed E-state index contributed by atoms with van der Waals surface area (Å²) in [6.45, 7) is 4.22. The van der Waals surface area contributed by atoms with E-state index >= 15 is 0 Å². The highest BCUT2D eigenvalue weighted by atomic mass is 79.9. The highest BCUT2D eigenvalue weighted by molar-refractivity contribution is 9.10. The fourth-order valence-corrected chi connectivity index (χ4v) is 3.29. The van der Waals surface area contributed by atoms with Crippen molar-refractivity contribution >= 4 is 27.4 Å². The molecule has 1 unspecified atom stereocenters. The lowest BCUT2D eigenvalue weighted by molar-refractivity contribution is 0.0976. The second kappa shape index (κ2) is 9.01. The van der Waals surface area contributed by atoms with Crippen LogP contribution in [0.2, 0.25) is 0 Å². The number of rotatable bonds is 7. The Bertz CT molecular complexity index is 883. The minimum Gasteiger partial charge on any atom is -0.378 e. The summed E-state index contributed by atoms with van der Waals surface area (Å²) in [6.07, 6.45) is 1.42. The average Bonchev–Trinajstić information content (AvgIpc) is 2.69. The highest BCUT2D eigenvalue weighted by Crippen LogP contribution is 2.26. The number of halogens is 1. The Hall–Kier alpha value is -2.39. The van der Waals surface area contributed by atoms with Crippen LogP contribution in [0.3, 0.4) is 0 Å². The molecule has 138 valence electrons. The van der Waals surface area contributed by atoms with Crippen molar-refractivity contribution in [2.24, 2.45) is 0 Å². The van der Waals surface area contributed by atoms with E-state index in [0.29, 0.717) is 6.42 Å². The molecule has 27 heavy (non-hydrogen) atoms. The van der Waals surface area contributed by atoms with Gasteiger partial charge in [-0.15, -0.1) is 0 Å². The number of aryl methyl sites for hydroxylation is 2. The first kappa shape index (κ1) is 19.4. The van der Waals surface area contributed by atoms with Crippen LogP contribution in [0.25, 0.3) is 0 Å². The van der Waals surface area contributed by atoms with Crippen molar-refractivity contribution in [2.75, 3.05) is 5.32 Å². The number of anilines is 1. The van der Waals surface area contributed by atoms with E-state index in [2.05, 4.69) is 83.6 Å². The van der Waals surface area contributed by atoms with Crippen LogP contribution in [0, 0.1) is 6.92 Å². The largest absolute Gasteiger partial charge is 0.378 e. The third-order valence-electron chi connectivity index (χ3n) is 4.74. The van der Waals surface area contributed by atoms with Crippen LogP contribution in [0.15, 0.2) is 77.3 Å². The van der Waals surface area contributed by atoms with Crippen LogP contribution < -0.4 is 5.32 Å². The number of Topliss-reactive ketones (excluding diaryl/α,β-unsaturated/α-hetero) is 1. The van der Waals surface area contributed by atoms with Crippen LogP contribution in [0.4, 0.5) is 5.69 Å². The van der Waals surface area contributed by atoms with Gasteiger partial charge < -0.3 is 5.32 Å². The lowest BCUT2D eigenvalue weighted by Crippen LogP contribution is -2.16. The maximum absolute atomic E-state index is 12.8. The number of ketones is 1. The molecular weight excluding hydrogens is 398 g/mol. The van der Waals surface area contributed by atoms with E-state index in [0.717, 1.165) is 27.7 Å². The first-order valence-electron chi connectivity index (χ1n) is 9.26. The fraction of sp³-hybridized carbons (Fsp3) is 0.208. The zero-order valence-electron chi connectivity index (χ0n) is 15.7. The van der Waals surface area contributed by atoms with Crippen molar-refractivity contribution in [3.8, 4) is 0 Å². The lowest BCUT2D eigenvalue weighted by Gasteiger charge is -2.20. The van der Waals surface area contributed by atoms with E-state index < -0.39 is 0 Å². The molecule has 1 atom stereocenters. The van der Waals surface area contributed by atoms with Gasteiger partial charge in [-0.25, -0.2) is 0 Å². The Morgan fingerprint density at radius 2 is 1.56 bits per heavy atom. The molecule has 3 rings (SSSR count). The van der Waals surface area contributed by atoms with E-state index in [9.17, 15) is 4.79 Å². The summed E-state index contributed by atoms with van der Waals surface area (Å²) in [4.78, 5) is 12.8. The summed E-state index contributed by atoms with van der Waals surface area (Å²) >= 11 is 3.42. The fourth-order valence-electron chi connectivity index (χ4n) is 3.03. The number of hydrogen-bond donors (Lipinski definition) is 1. The molecule has 0 aliphatic carbocycles. The Balaban J connectivity index is 1.83. The molecule has 3 heteroatoms. The Morgan fingerprint density at radius 1 is 0.926 bits per heavy atom. The van der Waals surface area contributed by atoms with Gasteiger partial charge in [-0.05, 0) is 48.7 Å². The molecule has 3 aromatic rings. The third kappa shape index (κ3) is 5.30. The van der Waals surface area contributed by atoms with Gasteiger partial charge in [0, 0.05) is 22.1 Å². The highest BCUT2D eigenvalue weighted by Gasteiger charge is 2.17. The molecule has 1 N–H and O–H groups in total. The van der Waals surface area contributed by atoms with E-state index in [4.69, 9.17) is 0 Å². The third-order valence-corrected chi connectivity index (χ3v) is 5.27. The van der Waals surface area contributed by atoms with E-state index in [1.54, 1.807) is 0 Å². The summed E-state index contributed by atoms with van der Waals surface area (Å²) < 4.78 is 0.975. The van der Waals surface area contributed by atoms with Crippen molar-refractivity contribution in [3.63, 3.8) is 0 Å². The van der Waals surface area contributed by atoms with Gasteiger partial charge in [-0.2, -0.15) is 0 Å². The van der Waals surface area contributed by atoms with Crippen molar-refractivity contribution in [3.05, 3.63) is 99.5 Å². The number of hydrogen-bond acceptors (Lipinski definition) is 2. The molecule has 0 bridgehead atoms. The standard InChI is InChI=1S/C24H24BrNO/c1-3-18-6-14-22(15-7-18)26-23(19-8-4-17(2)5-9-19)16-24(27)20-10-12-21(25)13-11-20/h4-15,23,26H,3,16H2,1-2H3. The van der Waals surface area contributed by atoms with Crippen molar-refractivity contribution in [1.82, 2.24) is 0 Å². The van der Waals surface area contributed by atoms with Gasteiger partial charge in [0.25, 0.3) is 0 Å². The van der Waals surface area contributed by atoms with Crippen molar-refractivity contribution < 1.29 is 4.79 Å². The van der Waals surface area contributed by atoms with E-state index in [1.807, 2.05) is 24.3 Å². The second-order valence-electron chi connectivity index (χ2n) is 6.79. The van der Waals surface area contributed by atoms with Gasteiger partial charge in [-0.1, -0.05) is 76.9 Å². The molecule has 2 nitrogen and oxygen atoms in total. The van der Waals surface area contributed by atoms with E-state index in [-0.39, 0.29) is 11.8 Å². The SMILES string of the molecule is CCc1ccc(NC(CC(=O)c2ccc(Br)cc2)c2ccc(C)cc2)cc1. The topological polar surface area (TPSA) is 29.1 Å². The molecular formula is C24H24BrNO. The van der Waals surface area contributed by atoms with Crippen LogP contribution >= 0.6 is 15.9 Å². The number of nitrogens with one attached hydrogen (secondary N) is 1. The molecule has 0 aliphatic heterocycles. The Morgan fingerprint density at radius 3 is 2.15 bits per heavy atom. The number of carbonyl (C=O) groups is 1. The van der Waals surface area contributed by atoms with E-state index in [1.165, 1.54) is 11.1 Å². The van der Waals surface area contributed by atoms with Gasteiger partial charge in [0.15, 0.2) is 5.78 Å². The van der Waals surface area contributed by atoms with Gasteiger partial charge >= 0.3 is 0 Å². The van der Waals surface area contributed by atoms with Crippen LogP contribution in [-0.2, 0) is 6.42 Å². The quantitative estimate of drug-likeness (QED) is 0.427. The summed E-state index contributed by atoms with van der Waals surface area (Å²) in [5.74, 6) is 0.130. The summed E-state index contributed by atoms with van der Waals surface area (Å²) in [5.41, 5.74) is 5.40. The van der Waals surface area contributed by atoms with Gasteiger partial charge in [0.1, 0.15) is 0 Å². The maximum atomic E-state index is 12.8. The van der Waals surface area contributed by atoms with Crippen LogP contribution in [0.5, 0.6) is 0 Å². The van der Waals surface area contributed by atoms with Crippen LogP contribution in [-0.4, -0.2) is 5.78 Å². The predicted molar refractivity (Wildman–Crippen MR) is 116 cm³/mol. The first-order valence-corrected chi connectivity index (χ1v) is 10.1. The Labute approximate surface area is 169 Å². The minimum absolute atomic E-state index is 0.0748. The normalized spacial score (nSPS) is 11.8. The second-order valence-corrected chi connectivity index (χ2v) is 7.71. The molecule has 0 aromatic heterocycles. The Kier molecular flexibility index (Phi) is 6.46. The number of carbonyl (C=O) groups excluding carboxylic acids is 1. The van der Waals surface area contributed by atoms with Crippen molar-refractivity contribution in [2.45, 2.75) is 32.7 Å². The molecule has 0 amide bonds. The lowest BCUT2D eigenvalue weighted by atomic mass is 9.97. The molecule has 0 saturated heterocycles. The molecule has 0 heterocycles. The zero-order chi connectivity index (χ0) is 19.2. The van der Waals surface area contributed by atoms with Gasteiger partial charge in [0.2, 0.25) is 0 Å². The number of benzene rings is 3. The first-order chi connectivity index (χ1) is 13.0. The summed E-state index contributed by atoms with van der Waals surface area (Å²) in [6, 6.07) is 24.3. The van der Waals surface area contributed by atoms with Gasteiger partial charge in [-0.3, -0.25) is 4.79 Å². The van der Waals surface area contributed by atoms with Gasteiger partial charge in [0.05, 0.1) is 6.04 Å². The monoisotopic (exact) mass is 421 g/mol. The molecule has 3 aromatic carbocycles. The minimum atomic E-state index is -0.0748. The molecule has 0 saturated carbocycles. The molecule has 0 radical (unpaired) electrons. The smallest absolute Gasteiger partial charge is 0.165 e. The predicted octanol–water partition coefficient (Wildman–Crippen LogP) is 6.75. The molecule has 0 fully saturated rings. The molecule has 0 aliphatic rings. The summed E-state index contributed by atoms with van der Waals surface area (Å²) in [7, 11) is 0. The van der Waals surface area contributed by atoms with Crippen LogP contribution in [0.1, 0.15) is 46.4 Å².